The molecule has 1 aromatic heterocycles. The van der Waals surface area contributed by atoms with Gasteiger partial charge in [-0.1, -0.05) is 0 Å². The highest BCUT2D eigenvalue weighted by molar-refractivity contribution is 5.59. The normalized spacial score (nSPS) is 12.4. The van der Waals surface area contributed by atoms with Gasteiger partial charge in [0.1, 0.15) is 11.6 Å². The van der Waals surface area contributed by atoms with Gasteiger partial charge in [-0.3, -0.25) is 0 Å². The van der Waals surface area contributed by atoms with Gasteiger partial charge in [-0.2, -0.15) is 0 Å². The van der Waals surface area contributed by atoms with Crippen molar-refractivity contribution in [1.82, 2.24) is 9.97 Å². The van der Waals surface area contributed by atoms with E-state index < -0.39 is 6.04 Å². The smallest absolute Gasteiger partial charge is 0.125 e. The van der Waals surface area contributed by atoms with E-state index in [1.165, 1.54) is 0 Å². The number of nitrogens with two attached hydrogens (primary N) is 1. The summed E-state index contributed by atoms with van der Waals surface area (Å²) in [7, 11) is 0. The number of rotatable bonds is 5. The Hall–Kier alpha value is -1.85. The van der Waals surface area contributed by atoms with Gasteiger partial charge in [-0.25, -0.2) is 4.98 Å². The van der Waals surface area contributed by atoms with E-state index in [1.54, 1.807) is 6.20 Å². The molecule has 0 aliphatic carbocycles. The summed E-state index contributed by atoms with van der Waals surface area (Å²) in [5.74, 6) is 1.43. The third-order valence-corrected chi connectivity index (χ3v) is 2.62. The fraction of sp³-hybridized carbons (Fsp3) is 0.308. The van der Waals surface area contributed by atoms with Crippen LogP contribution < -0.4 is 10.5 Å². The van der Waals surface area contributed by atoms with Crippen molar-refractivity contribution < 1.29 is 9.84 Å². The summed E-state index contributed by atoms with van der Waals surface area (Å²) in [6.07, 6.45) is 1.71. The Morgan fingerprint density at radius 2 is 2.11 bits per heavy atom. The molecule has 0 saturated heterocycles. The van der Waals surface area contributed by atoms with Crippen LogP contribution in [0.2, 0.25) is 0 Å². The summed E-state index contributed by atoms with van der Waals surface area (Å²) in [5, 5.41) is 8.96. The molecule has 2 aromatic rings. The second-order valence-corrected chi connectivity index (χ2v) is 3.93. The highest BCUT2D eigenvalue weighted by Crippen LogP contribution is 2.21. The third-order valence-electron chi connectivity index (χ3n) is 2.62. The van der Waals surface area contributed by atoms with Crippen LogP contribution in [0, 0.1) is 0 Å². The first-order valence-electron chi connectivity index (χ1n) is 5.89. The van der Waals surface area contributed by atoms with Crippen molar-refractivity contribution in [2.75, 3.05) is 13.2 Å². The second-order valence-electron chi connectivity index (χ2n) is 3.93. The monoisotopic (exact) mass is 247 g/mol. The van der Waals surface area contributed by atoms with Crippen LogP contribution in [0.15, 0.2) is 30.5 Å². The van der Waals surface area contributed by atoms with Gasteiger partial charge in [0.2, 0.25) is 0 Å². The molecule has 4 N–H and O–H groups in total. The van der Waals surface area contributed by atoms with Gasteiger partial charge in [0.05, 0.1) is 31.1 Å². The van der Waals surface area contributed by atoms with Gasteiger partial charge >= 0.3 is 0 Å². The minimum atomic E-state index is -0.471. The molecule has 1 aromatic carbocycles. The molecule has 0 bridgehead atoms. The molecule has 96 valence electrons. The molecule has 1 heterocycles. The lowest BCUT2D eigenvalue weighted by atomic mass is 10.2. The Labute approximate surface area is 106 Å². The van der Waals surface area contributed by atoms with Gasteiger partial charge in [0.25, 0.3) is 0 Å². The predicted molar refractivity (Wildman–Crippen MR) is 69.2 cm³/mol. The summed E-state index contributed by atoms with van der Waals surface area (Å²) in [6, 6.07) is 7.25. The Morgan fingerprint density at radius 3 is 2.72 bits per heavy atom. The van der Waals surface area contributed by atoms with Crippen LogP contribution in [0.25, 0.3) is 11.3 Å². The Kier molecular flexibility index (Phi) is 3.96. The minimum absolute atomic E-state index is 0.129. The molecule has 0 spiro atoms. The first-order chi connectivity index (χ1) is 8.74. The zero-order valence-corrected chi connectivity index (χ0v) is 10.3. The molecule has 0 fully saturated rings. The van der Waals surface area contributed by atoms with E-state index >= 15 is 0 Å². The maximum atomic E-state index is 8.96. The van der Waals surface area contributed by atoms with Gasteiger partial charge in [0.15, 0.2) is 0 Å². The van der Waals surface area contributed by atoms with Gasteiger partial charge in [0, 0.05) is 0 Å². The van der Waals surface area contributed by atoms with Crippen LogP contribution in [0.4, 0.5) is 0 Å². The van der Waals surface area contributed by atoms with Crippen molar-refractivity contribution in [3.05, 3.63) is 36.3 Å². The van der Waals surface area contributed by atoms with Crippen molar-refractivity contribution in [2.45, 2.75) is 13.0 Å². The number of aromatic nitrogens is 2. The highest BCUT2D eigenvalue weighted by Gasteiger charge is 2.09. The van der Waals surface area contributed by atoms with Gasteiger partial charge in [-0.15, -0.1) is 0 Å². The maximum absolute atomic E-state index is 8.96. The summed E-state index contributed by atoms with van der Waals surface area (Å²) < 4.78 is 5.38. The lowest BCUT2D eigenvalue weighted by molar-refractivity contribution is 0.264. The Balaban J connectivity index is 2.18. The molecule has 2 rings (SSSR count). The van der Waals surface area contributed by atoms with E-state index in [9.17, 15) is 0 Å². The number of benzene rings is 1. The number of hydrogen-bond donors (Lipinski definition) is 3. The third kappa shape index (κ3) is 2.69. The van der Waals surface area contributed by atoms with Crippen LogP contribution in [-0.2, 0) is 0 Å². The van der Waals surface area contributed by atoms with Crippen molar-refractivity contribution >= 4 is 0 Å². The fourth-order valence-corrected chi connectivity index (χ4v) is 1.66. The topological polar surface area (TPSA) is 84.2 Å². The van der Waals surface area contributed by atoms with E-state index in [2.05, 4.69) is 9.97 Å². The molecule has 5 nitrogen and oxygen atoms in total. The zero-order chi connectivity index (χ0) is 13.0. The zero-order valence-electron chi connectivity index (χ0n) is 10.3. The van der Waals surface area contributed by atoms with Crippen LogP contribution in [0.1, 0.15) is 18.8 Å². The highest BCUT2D eigenvalue weighted by atomic mass is 16.5. The Morgan fingerprint density at radius 1 is 1.39 bits per heavy atom. The fourth-order valence-electron chi connectivity index (χ4n) is 1.66. The molecule has 0 aliphatic heterocycles. The van der Waals surface area contributed by atoms with E-state index in [0.29, 0.717) is 12.4 Å². The summed E-state index contributed by atoms with van der Waals surface area (Å²) in [4.78, 5) is 7.24. The number of imidazole rings is 1. The molecule has 0 saturated carbocycles. The largest absolute Gasteiger partial charge is 0.494 e. The molecule has 1 unspecified atom stereocenters. The number of aliphatic hydroxyl groups is 1. The number of ether oxygens (including phenoxy) is 1. The van der Waals surface area contributed by atoms with Crippen LogP contribution in [0.3, 0.4) is 0 Å². The molecule has 18 heavy (non-hydrogen) atoms. The lowest BCUT2D eigenvalue weighted by Crippen LogP contribution is -2.15. The number of hydrogen-bond acceptors (Lipinski definition) is 4. The molecule has 0 amide bonds. The number of aromatic amines is 1. The molecule has 0 radical (unpaired) electrons. The number of nitrogens with one attached hydrogen (secondary N) is 1. The molecule has 5 heteroatoms. The average molecular weight is 247 g/mol. The van der Waals surface area contributed by atoms with Crippen molar-refractivity contribution in [1.29, 1.82) is 0 Å². The van der Waals surface area contributed by atoms with Crippen LogP contribution in [-0.4, -0.2) is 28.3 Å². The second kappa shape index (κ2) is 5.66. The molecule has 0 aliphatic rings. The number of H-pyrrole nitrogens is 1. The summed E-state index contributed by atoms with van der Waals surface area (Å²) in [5.41, 5.74) is 7.56. The van der Waals surface area contributed by atoms with Crippen molar-refractivity contribution in [3.63, 3.8) is 0 Å². The Bertz CT molecular complexity index is 493. The summed E-state index contributed by atoms with van der Waals surface area (Å²) in [6.45, 7) is 2.47. The lowest BCUT2D eigenvalue weighted by Gasteiger charge is -2.04. The predicted octanol–water partition coefficient (Wildman–Crippen LogP) is 1.47. The van der Waals surface area contributed by atoms with Gasteiger partial charge in [-0.05, 0) is 36.8 Å². The standard InChI is InChI=1S/C13H17N3O2/c1-2-18-10-5-3-9(4-6-10)12-7-15-13(16-12)11(14)8-17/h3-7,11,17H,2,8,14H2,1H3,(H,15,16). The first-order valence-corrected chi connectivity index (χ1v) is 5.89. The van der Waals surface area contributed by atoms with Crippen LogP contribution in [0.5, 0.6) is 5.75 Å². The van der Waals surface area contributed by atoms with Gasteiger partial charge < -0.3 is 20.6 Å². The number of nitrogens with zero attached hydrogens (tertiary/aromatic N) is 1. The maximum Gasteiger partial charge on any atom is 0.125 e. The van der Waals surface area contributed by atoms with Crippen LogP contribution >= 0.6 is 0 Å². The average Bonchev–Trinajstić information content (AvgIpc) is 2.89. The quantitative estimate of drug-likeness (QED) is 0.747. The summed E-state index contributed by atoms with van der Waals surface area (Å²) >= 11 is 0. The van der Waals surface area contributed by atoms with Crippen molar-refractivity contribution in [3.8, 4) is 17.0 Å². The van der Waals surface area contributed by atoms with E-state index in [4.69, 9.17) is 15.6 Å². The number of aliphatic hydroxyl groups excluding tert-OH is 1. The SMILES string of the molecule is CCOc1ccc(-c2cnc(C(N)CO)[nH]2)cc1. The van der Waals surface area contributed by atoms with E-state index in [1.807, 2.05) is 31.2 Å². The van der Waals surface area contributed by atoms with E-state index in [0.717, 1.165) is 17.0 Å². The van der Waals surface area contributed by atoms with Crippen molar-refractivity contribution in [2.24, 2.45) is 5.73 Å². The first kappa shape index (κ1) is 12.6. The molecular formula is C13H17N3O2. The molecular weight excluding hydrogens is 230 g/mol. The van der Waals surface area contributed by atoms with E-state index in [-0.39, 0.29) is 6.61 Å². The minimum Gasteiger partial charge on any atom is -0.494 e. The molecule has 1 atom stereocenters.